The van der Waals surface area contributed by atoms with Crippen LogP contribution in [-0.4, -0.2) is 11.4 Å². The molecule has 0 radical (unpaired) electrons. The fraction of sp³-hybridized carbons (Fsp3) is 0.0333. The summed E-state index contributed by atoms with van der Waals surface area (Å²) in [7, 11) is 0. The molecule has 308 valence electrons. The van der Waals surface area contributed by atoms with Crippen molar-refractivity contribution in [2.45, 2.75) is 0 Å². The fourth-order valence-electron chi connectivity index (χ4n) is 10.4. The van der Waals surface area contributed by atoms with Crippen molar-refractivity contribution in [3.8, 4) is 0 Å². The normalized spacial score (nSPS) is 19.7. The summed E-state index contributed by atoms with van der Waals surface area (Å²) in [6.07, 6.45) is 17.7. The minimum atomic E-state index is -0.119. The van der Waals surface area contributed by atoms with E-state index >= 15 is 0 Å². The van der Waals surface area contributed by atoms with Crippen molar-refractivity contribution in [2.24, 2.45) is 21.8 Å². The first-order chi connectivity index (χ1) is 31.8. The van der Waals surface area contributed by atoms with Crippen LogP contribution in [0.1, 0.15) is 44.5 Å². The predicted molar refractivity (Wildman–Crippen MR) is 264 cm³/mol. The van der Waals surface area contributed by atoms with Crippen LogP contribution < -0.4 is 0 Å². The average molecular weight is 1010 g/mol. The van der Waals surface area contributed by atoms with E-state index < -0.39 is 0 Å². The SMILES string of the molecule is C1=CC2=C3[N-]C(=C(c4ccccc4)C4=NC(=C(c5ccccc5)C5=NC(=C(c6ccccc6)C6=C7C=CC=CC7C(=C3c3ccccc3)[N-]6)c3ccccc35)c3ccccc34)C2C=C1.[Pt+2]. The number of benzene rings is 6. The van der Waals surface area contributed by atoms with Crippen LogP contribution in [0.5, 0.6) is 0 Å². The van der Waals surface area contributed by atoms with Crippen molar-refractivity contribution in [3.05, 3.63) is 308 Å². The van der Waals surface area contributed by atoms with Crippen LogP contribution in [-0.2, 0) is 21.1 Å². The summed E-state index contributed by atoms with van der Waals surface area (Å²) in [6.45, 7) is 0. The van der Waals surface area contributed by atoms with E-state index in [2.05, 4.69) is 218 Å². The summed E-state index contributed by atoms with van der Waals surface area (Å²) in [5.41, 5.74) is 22.2. The minimum absolute atomic E-state index is 0. The first-order valence-corrected chi connectivity index (χ1v) is 22.0. The summed E-state index contributed by atoms with van der Waals surface area (Å²) in [5.74, 6) is -0.239. The molecule has 0 saturated heterocycles. The Morgan fingerprint density at radius 3 is 1.18 bits per heavy atom. The van der Waals surface area contributed by atoms with Gasteiger partial charge in [-0.15, -0.1) is 22.8 Å². The molecule has 65 heavy (non-hydrogen) atoms. The Balaban J connectivity index is 0.00000444. The molecule has 3 aliphatic carbocycles. The van der Waals surface area contributed by atoms with E-state index in [1.165, 1.54) is 0 Å². The molecule has 0 N–H and O–H groups in total. The molecule has 4 aliphatic heterocycles. The van der Waals surface area contributed by atoms with Gasteiger partial charge in [0.05, 0.1) is 22.8 Å². The molecule has 0 aromatic heterocycles. The molecular weight excluding hydrogens is 972 g/mol. The van der Waals surface area contributed by atoms with Gasteiger partial charge in [-0.2, -0.15) is 0 Å². The van der Waals surface area contributed by atoms with E-state index in [0.29, 0.717) is 0 Å². The summed E-state index contributed by atoms with van der Waals surface area (Å²) >= 11 is 0. The van der Waals surface area contributed by atoms with E-state index in [-0.39, 0.29) is 32.9 Å². The molecule has 4 nitrogen and oxygen atoms in total. The van der Waals surface area contributed by atoms with E-state index in [1.54, 1.807) is 0 Å². The molecule has 6 aromatic carbocycles. The molecule has 13 rings (SSSR count). The summed E-state index contributed by atoms with van der Waals surface area (Å²) in [6, 6.07) is 60.2. The molecule has 2 atom stereocenters. The molecule has 2 unspecified atom stereocenters. The van der Waals surface area contributed by atoms with Crippen molar-refractivity contribution >= 4 is 45.1 Å². The van der Waals surface area contributed by atoms with Crippen molar-refractivity contribution in [1.82, 2.24) is 0 Å². The number of nitrogens with zero attached hydrogens (tertiary/aromatic N) is 4. The van der Waals surface area contributed by atoms with Crippen molar-refractivity contribution < 1.29 is 21.1 Å². The third kappa shape index (κ3) is 6.16. The van der Waals surface area contributed by atoms with Crippen molar-refractivity contribution in [3.63, 3.8) is 0 Å². The number of aliphatic imine (C=N–C) groups is 2. The van der Waals surface area contributed by atoms with Gasteiger partial charge in [0.1, 0.15) is 0 Å². The van der Waals surface area contributed by atoms with Crippen molar-refractivity contribution in [2.75, 3.05) is 0 Å². The Bertz CT molecular complexity index is 3390. The average Bonchev–Trinajstić information content (AvgIpc) is 4.14. The molecule has 6 aromatic rings. The van der Waals surface area contributed by atoms with E-state index in [4.69, 9.17) is 20.6 Å². The largest absolute Gasteiger partial charge is 2.00 e. The maximum absolute atomic E-state index is 5.90. The molecule has 4 heterocycles. The van der Waals surface area contributed by atoms with E-state index in [0.717, 1.165) is 124 Å². The monoisotopic (exact) mass is 1010 g/mol. The van der Waals surface area contributed by atoms with Gasteiger partial charge in [-0.05, 0) is 33.4 Å². The van der Waals surface area contributed by atoms with Gasteiger partial charge in [0, 0.05) is 39.7 Å². The molecular formula is C60H38N4Pt. The molecule has 0 saturated carbocycles. The zero-order valence-electron chi connectivity index (χ0n) is 35.0. The van der Waals surface area contributed by atoms with E-state index in [9.17, 15) is 0 Å². The maximum atomic E-state index is 5.90. The quantitative estimate of drug-likeness (QED) is 0.169. The van der Waals surface area contributed by atoms with Crippen LogP contribution in [0, 0.1) is 11.8 Å². The van der Waals surface area contributed by atoms with Gasteiger partial charge in [-0.25, -0.2) is 9.98 Å². The Kier molecular flexibility index (Phi) is 9.51. The van der Waals surface area contributed by atoms with E-state index in [1.807, 2.05) is 0 Å². The Morgan fingerprint density at radius 1 is 0.338 bits per heavy atom. The van der Waals surface area contributed by atoms with Gasteiger partial charge < -0.3 is 10.6 Å². The van der Waals surface area contributed by atoms with Crippen LogP contribution in [0.3, 0.4) is 0 Å². The third-order valence-corrected chi connectivity index (χ3v) is 13.2. The van der Waals surface area contributed by atoms with Gasteiger partial charge >= 0.3 is 21.1 Å². The third-order valence-electron chi connectivity index (χ3n) is 13.2. The molecule has 8 bridgehead atoms. The summed E-state index contributed by atoms with van der Waals surface area (Å²) in [5, 5.41) is 11.8. The van der Waals surface area contributed by atoms with Crippen LogP contribution in [0.2, 0.25) is 0 Å². The first-order valence-electron chi connectivity index (χ1n) is 22.0. The predicted octanol–water partition coefficient (Wildman–Crippen LogP) is 14.3. The second-order valence-electron chi connectivity index (χ2n) is 16.7. The molecule has 0 fully saturated rings. The first kappa shape index (κ1) is 39.0. The van der Waals surface area contributed by atoms with Gasteiger partial charge in [0.25, 0.3) is 0 Å². The second kappa shape index (κ2) is 15.9. The number of hydrogen-bond donors (Lipinski definition) is 0. The van der Waals surface area contributed by atoms with Crippen LogP contribution in [0.15, 0.2) is 262 Å². The zero-order valence-corrected chi connectivity index (χ0v) is 37.3. The van der Waals surface area contributed by atoms with Crippen LogP contribution in [0.4, 0.5) is 0 Å². The maximum Gasteiger partial charge on any atom is 2.00 e. The molecule has 7 aliphatic rings. The summed E-state index contributed by atoms with van der Waals surface area (Å²) < 4.78 is 0. The van der Waals surface area contributed by atoms with Crippen LogP contribution in [0.25, 0.3) is 44.3 Å². The zero-order chi connectivity index (χ0) is 42.1. The Morgan fingerprint density at radius 2 is 0.692 bits per heavy atom. The van der Waals surface area contributed by atoms with Gasteiger partial charge in [0.15, 0.2) is 0 Å². The number of rotatable bonds is 4. The fourth-order valence-corrected chi connectivity index (χ4v) is 10.4. The van der Waals surface area contributed by atoms with Gasteiger partial charge in [-0.1, -0.05) is 235 Å². The topological polar surface area (TPSA) is 52.9 Å². The summed E-state index contributed by atoms with van der Waals surface area (Å²) in [4.78, 5) is 11.7. The Labute approximate surface area is 393 Å². The molecule has 0 spiro atoms. The second-order valence-corrected chi connectivity index (χ2v) is 16.7. The molecule has 0 amide bonds. The molecule has 5 heteroatoms. The number of allylic oxidation sites excluding steroid dienone is 12. The van der Waals surface area contributed by atoms with Gasteiger partial charge in [0.2, 0.25) is 0 Å². The Hall–Kier alpha value is -7.65. The number of hydrogen-bond acceptors (Lipinski definition) is 2. The van der Waals surface area contributed by atoms with Crippen LogP contribution >= 0.6 is 0 Å². The van der Waals surface area contributed by atoms with Gasteiger partial charge in [-0.3, -0.25) is 0 Å². The standard InChI is InChI=1S/C60H38N4.Pt/c1-5-21-37(22-6-1)49-53-41-29-13-15-31-43(41)55(61-53)50(38-23-7-2-8-24-38)57-45-33-17-19-35-47(45)59(63-57)52(40-27-11-4-12-28-40)60-48-36-20-18-34-46(48)58(64-60)51(39-25-9-3-10-26-39)56-44-32-16-14-30-42(44)54(49)62-56;/h1-36,41,44H;/q-2;+2. The smallest absolute Gasteiger partial charge is 0.659 e. The van der Waals surface area contributed by atoms with Crippen molar-refractivity contribution in [1.29, 1.82) is 0 Å². The minimum Gasteiger partial charge on any atom is -0.659 e.